The molecule has 0 fully saturated rings. The summed E-state index contributed by atoms with van der Waals surface area (Å²) in [6, 6.07) is 9.02. The van der Waals surface area contributed by atoms with E-state index in [0.29, 0.717) is 28.9 Å². The normalized spacial score (nSPS) is 15.2. The quantitative estimate of drug-likeness (QED) is 0.477. The first-order chi connectivity index (χ1) is 17.1. The van der Waals surface area contributed by atoms with Gasteiger partial charge >= 0.3 is 6.03 Å². The summed E-state index contributed by atoms with van der Waals surface area (Å²) in [6.07, 6.45) is 0. The van der Waals surface area contributed by atoms with Crippen LogP contribution in [0.1, 0.15) is 45.6 Å². The molecule has 1 heterocycles. The number of aliphatic hydroxyl groups excluding tert-OH is 1. The first-order valence-electron chi connectivity index (χ1n) is 11.1. The van der Waals surface area contributed by atoms with Gasteiger partial charge < -0.3 is 15.3 Å². The second kappa shape index (κ2) is 9.98. The fourth-order valence-corrected chi connectivity index (χ4v) is 4.12. The molecule has 10 heteroatoms. The van der Waals surface area contributed by atoms with Crippen molar-refractivity contribution in [3.63, 3.8) is 0 Å². The summed E-state index contributed by atoms with van der Waals surface area (Å²) in [6.45, 7) is 0.837. The number of nitrogens with one attached hydrogen (secondary N) is 1. The van der Waals surface area contributed by atoms with Crippen molar-refractivity contribution in [1.29, 1.82) is 0 Å². The van der Waals surface area contributed by atoms with Gasteiger partial charge in [0.2, 0.25) is 0 Å². The van der Waals surface area contributed by atoms with Gasteiger partial charge in [-0.05, 0) is 42.3 Å². The minimum Gasteiger partial charge on any atom is -0.392 e. The molecule has 1 aliphatic rings. The highest BCUT2D eigenvalue weighted by Gasteiger charge is 2.34. The lowest BCUT2D eigenvalue weighted by Gasteiger charge is -2.39. The summed E-state index contributed by atoms with van der Waals surface area (Å²) in [5.74, 6) is -4.55. The Kier molecular flexibility index (Phi) is 6.98. The number of urea groups is 1. The molecule has 3 aromatic rings. The first kappa shape index (κ1) is 25.2. The van der Waals surface area contributed by atoms with E-state index in [4.69, 9.17) is 0 Å². The van der Waals surface area contributed by atoms with Gasteiger partial charge in [0.1, 0.15) is 23.3 Å². The highest BCUT2D eigenvalue weighted by molar-refractivity contribution is 5.99. The number of amides is 3. The molecule has 0 aliphatic carbocycles. The van der Waals surface area contributed by atoms with Crippen molar-refractivity contribution in [2.45, 2.75) is 32.7 Å². The molecule has 2 N–H and O–H groups in total. The Bertz CT molecular complexity index is 1320. The molecular weight excluding hydrogens is 478 g/mol. The highest BCUT2D eigenvalue weighted by Crippen LogP contribution is 2.37. The van der Waals surface area contributed by atoms with Crippen LogP contribution in [0.5, 0.6) is 0 Å². The van der Waals surface area contributed by atoms with Crippen LogP contribution in [0.3, 0.4) is 0 Å². The van der Waals surface area contributed by atoms with Crippen LogP contribution in [0, 0.1) is 23.3 Å². The Balaban J connectivity index is 1.64. The van der Waals surface area contributed by atoms with E-state index in [2.05, 4.69) is 5.32 Å². The van der Waals surface area contributed by atoms with Crippen LogP contribution >= 0.6 is 0 Å². The van der Waals surface area contributed by atoms with E-state index in [1.807, 2.05) is 0 Å². The number of carbonyl (C=O) groups is 2. The molecule has 3 aromatic carbocycles. The van der Waals surface area contributed by atoms with Crippen molar-refractivity contribution in [3.05, 3.63) is 99.6 Å². The number of aliphatic hydroxyl groups is 1. The first-order valence-corrected chi connectivity index (χ1v) is 11.1. The minimum absolute atomic E-state index is 0.107. The average molecular weight is 501 g/mol. The van der Waals surface area contributed by atoms with Crippen molar-refractivity contribution in [2.24, 2.45) is 0 Å². The monoisotopic (exact) mass is 501 g/mol. The Morgan fingerprint density at radius 3 is 2.36 bits per heavy atom. The molecule has 36 heavy (non-hydrogen) atoms. The zero-order valence-corrected chi connectivity index (χ0v) is 19.5. The van der Waals surface area contributed by atoms with Crippen molar-refractivity contribution >= 4 is 17.6 Å². The summed E-state index contributed by atoms with van der Waals surface area (Å²) in [4.78, 5) is 28.7. The SMILES string of the molecule is CC1c2ccc(C(=O)NCc3c(F)cc(F)cc3F)cc2N(Cc2cc(CO)ccc2F)C(=O)N1C. The standard InChI is InChI=1S/C26H23F4N3O3/c1-14-19-5-4-16(25(35)31-11-20-22(29)9-18(27)10-23(20)30)8-24(19)33(26(36)32(14)2)12-17-7-15(13-34)3-6-21(17)28/h3-10,14,34H,11-13H2,1-2H3,(H,31,35). The number of hydrogen-bond acceptors (Lipinski definition) is 3. The number of anilines is 1. The second-order valence-electron chi connectivity index (χ2n) is 8.54. The van der Waals surface area contributed by atoms with Gasteiger partial charge in [0.25, 0.3) is 5.91 Å². The van der Waals surface area contributed by atoms with E-state index in [9.17, 15) is 32.3 Å². The predicted molar refractivity (Wildman–Crippen MR) is 124 cm³/mol. The zero-order valence-electron chi connectivity index (χ0n) is 19.5. The Hall–Kier alpha value is -3.92. The van der Waals surface area contributed by atoms with E-state index >= 15 is 0 Å². The third-order valence-electron chi connectivity index (χ3n) is 6.30. The molecule has 1 atom stereocenters. The van der Waals surface area contributed by atoms with Crippen molar-refractivity contribution in [2.75, 3.05) is 11.9 Å². The summed E-state index contributed by atoms with van der Waals surface area (Å²) in [5, 5.41) is 11.8. The number of rotatable bonds is 6. The minimum atomic E-state index is -1.13. The van der Waals surface area contributed by atoms with Gasteiger partial charge in [-0.1, -0.05) is 12.1 Å². The van der Waals surface area contributed by atoms with Gasteiger partial charge in [0.05, 0.1) is 24.9 Å². The molecule has 4 rings (SSSR count). The third kappa shape index (κ3) is 4.76. The topological polar surface area (TPSA) is 72.9 Å². The van der Waals surface area contributed by atoms with Crippen LogP contribution in [-0.2, 0) is 19.7 Å². The zero-order chi connectivity index (χ0) is 26.1. The van der Waals surface area contributed by atoms with Gasteiger partial charge in [-0.3, -0.25) is 9.69 Å². The smallest absolute Gasteiger partial charge is 0.325 e. The number of carbonyl (C=O) groups excluding carboxylic acids is 2. The van der Waals surface area contributed by atoms with E-state index < -0.39 is 47.3 Å². The maximum atomic E-state index is 14.5. The molecular formula is C26H23F4N3O3. The molecule has 0 saturated carbocycles. The van der Waals surface area contributed by atoms with E-state index in [1.54, 1.807) is 20.0 Å². The lowest BCUT2D eigenvalue weighted by Crippen LogP contribution is -2.46. The van der Waals surface area contributed by atoms with Crippen LogP contribution in [-0.4, -0.2) is 29.0 Å². The van der Waals surface area contributed by atoms with Crippen LogP contribution in [0.2, 0.25) is 0 Å². The molecule has 0 bridgehead atoms. The number of hydrogen-bond donors (Lipinski definition) is 2. The van der Waals surface area contributed by atoms with Crippen LogP contribution in [0.15, 0.2) is 48.5 Å². The summed E-state index contributed by atoms with van der Waals surface area (Å²) in [5.41, 5.74) is 1.37. The van der Waals surface area contributed by atoms with E-state index in [0.717, 1.165) is 0 Å². The van der Waals surface area contributed by atoms with Crippen molar-refractivity contribution in [3.8, 4) is 0 Å². The average Bonchev–Trinajstić information content (AvgIpc) is 2.85. The summed E-state index contributed by atoms with van der Waals surface area (Å²) < 4.78 is 55.5. The summed E-state index contributed by atoms with van der Waals surface area (Å²) >= 11 is 0. The molecule has 188 valence electrons. The highest BCUT2D eigenvalue weighted by atomic mass is 19.1. The van der Waals surface area contributed by atoms with Gasteiger partial charge in [-0.15, -0.1) is 0 Å². The number of halogens is 4. The van der Waals surface area contributed by atoms with Gasteiger partial charge in [0, 0.05) is 42.4 Å². The largest absolute Gasteiger partial charge is 0.392 e. The maximum absolute atomic E-state index is 14.5. The lowest BCUT2D eigenvalue weighted by atomic mass is 9.98. The van der Waals surface area contributed by atoms with Gasteiger partial charge in [-0.25, -0.2) is 22.4 Å². The van der Waals surface area contributed by atoms with Crippen LogP contribution < -0.4 is 10.2 Å². The lowest BCUT2D eigenvalue weighted by molar-refractivity contribution is 0.0950. The molecule has 0 radical (unpaired) electrons. The van der Waals surface area contributed by atoms with Crippen molar-refractivity contribution in [1.82, 2.24) is 10.2 Å². The third-order valence-corrected chi connectivity index (χ3v) is 6.30. The maximum Gasteiger partial charge on any atom is 0.325 e. The predicted octanol–water partition coefficient (Wildman–Crippen LogP) is 4.80. The van der Waals surface area contributed by atoms with Gasteiger partial charge in [0.15, 0.2) is 0 Å². The molecule has 0 spiro atoms. The molecule has 3 amide bonds. The van der Waals surface area contributed by atoms with Crippen molar-refractivity contribution < 1.29 is 32.3 Å². The molecule has 1 unspecified atom stereocenters. The van der Waals surface area contributed by atoms with E-state index in [1.165, 1.54) is 40.1 Å². The molecule has 0 saturated heterocycles. The molecule has 6 nitrogen and oxygen atoms in total. The summed E-state index contributed by atoms with van der Waals surface area (Å²) in [7, 11) is 1.61. The van der Waals surface area contributed by atoms with Crippen LogP contribution in [0.25, 0.3) is 0 Å². The van der Waals surface area contributed by atoms with Crippen LogP contribution in [0.4, 0.5) is 28.0 Å². The molecule has 0 aromatic heterocycles. The number of fused-ring (bicyclic) bond motifs is 1. The fourth-order valence-electron chi connectivity index (χ4n) is 4.12. The van der Waals surface area contributed by atoms with E-state index in [-0.39, 0.29) is 30.3 Å². The second-order valence-corrected chi connectivity index (χ2v) is 8.54. The Morgan fingerprint density at radius 2 is 1.69 bits per heavy atom. The van der Waals surface area contributed by atoms with Gasteiger partial charge in [-0.2, -0.15) is 0 Å². The number of nitrogens with zero attached hydrogens (tertiary/aromatic N) is 2. The molecule has 1 aliphatic heterocycles. The number of benzene rings is 3. The Morgan fingerprint density at radius 1 is 1.00 bits per heavy atom. The fraction of sp³-hybridized carbons (Fsp3) is 0.231. The Labute approximate surface area is 204 Å².